The Balaban J connectivity index is 2.24. The number of hydrogen-bond acceptors (Lipinski definition) is 3. The van der Waals surface area contributed by atoms with Gasteiger partial charge < -0.3 is 10.5 Å². The molecule has 2 N–H and O–H groups in total. The molecule has 0 bridgehead atoms. The highest BCUT2D eigenvalue weighted by atomic mass is 127. The summed E-state index contributed by atoms with van der Waals surface area (Å²) in [5.74, 6) is -0.275. The van der Waals surface area contributed by atoms with Gasteiger partial charge in [0.2, 0.25) is 0 Å². The van der Waals surface area contributed by atoms with Crippen molar-refractivity contribution in [2.45, 2.75) is 42.3 Å². The molecule has 0 heterocycles. The Hall–Kier alpha value is 0.160. The molecule has 0 saturated heterocycles. The molecule has 0 aliphatic heterocycles. The zero-order valence-electron chi connectivity index (χ0n) is 6.96. The Morgan fingerprint density at radius 1 is 1.42 bits per heavy atom. The smallest absolute Gasteiger partial charge is 0.333 e. The van der Waals surface area contributed by atoms with E-state index in [-0.39, 0.29) is 12.1 Å². The lowest BCUT2D eigenvalue weighted by molar-refractivity contribution is -0.149. The van der Waals surface area contributed by atoms with Crippen LogP contribution >= 0.6 is 22.6 Å². The third kappa shape index (κ3) is 3.26. The zero-order valence-corrected chi connectivity index (χ0v) is 9.12. The second kappa shape index (κ2) is 5.01. The van der Waals surface area contributed by atoms with Crippen molar-refractivity contribution in [3.63, 3.8) is 0 Å². The minimum atomic E-state index is -0.510. The number of esters is 1. The van der Waals surface area contributed by atoms with Gasteiger partial charge in [0.05, 0.1) is 0 Å². The first-order chi connectivity index (χ1) is 5.70. The van der Waals surface area contributed by atoms with Crippen LogP contribution in [-0.4, -0.2) is 16.1 Å². The molecule has 1 atom stereocenters. The SMILES string of the molecule is NC(I)C(=O)OC1CCCCC1. The highest BCUT2D eigenvalue weighted by Crippen LogP contribution is 2.20. The molecule has 0 aromatic carbocycles. The molecule has 1 fully saturated rings. The van der Waals surface area contributed by atoms with E-state index >= 15 is 0 Å². The largest absolute Gasteiger partial charge is 0.461 e. The van der Waals surface area contributed by atoms with Gasteiger partial charge in [-0.15, -0.1) is 0 Å². The Morgan fingerprint density at radius 2 is 2.00 bits per heavy atom. The number of nitrogens with two attached hydrogens (primary N) is 1. The topological polar surface area (TPSA) is 52.3 Å². The fourth-order valence-corrected chi connectivity index (χ4v) is 1.56. The highest BCUT2D eigenvalue weighted by molar-refractivity contribution is 14.1. The second-order valence-corrected chi connectivity index (χ2v) is 4.44. The quantitative estimate of drug-likeness (QED) is 0.362. The molecule has 70 valence electrons. The van der Waals surface area contributed by atoms with Gasteiger partial charge in [0, 0.05) is 0 Å². The van der Waals surface area contributed by atoms with Gasteiger partial charge in [0.25, 0.3) is 0 Å². The molecule has 4 heteroatoms. The number of carbonyl (C=O) groups is 1. The van der Waals surface area contributed by atoms with Crippen molar-refractivity contribution in [3.8, 4) is 0 Å². The Kier molecular flexibility index (Phi) is 4.28. The van der Waals surface area contributed by atoms with E-state index in [4.69, 9.17) is 10.5 Å². The number of ether oxygens (including phenoxy) is 1. The Bertz CT molecular complexity index is 155. The van der Waals surface area contributed by atoms with Gasteiger partial charge in [-0.05, 0) is 25.7 Å². The molecule has 1 unspecified atom stereocenters. The predicted octanol–water partition coefficient (Wildman–Crippen LogP) is 1.58. The molecular formula is C8H14INO2. The lowest BCUT2D eigenvalue weighted by atomic mass is 9.98. The third-order valence-electron chi connectivity index (χ3n) is 2.06. The molecule has 0 aromatic rings. The third-order valence-corrected chi connectivity index (χ3v) is 2.57. The number of halogens is 1. The molecular weight excluding hydrogens is 269 g/mol. The maximum absolute atomic E-state index is 11.1. The minimum absolute atomic E-state index is 0.132. The van der Waals surface area contributed by atoms with Gasteiger partial charge in [-0.1, -0.05) is 29.0 Å². The van der Waals surface area contributed by atoms with Crippen LogP contribution in [0.2, 0.25) is 0 Å². The highest BCUT2D eigenvalue weighted by Gasteiger charge is 2.19. The van der Waals surface area contributed by atoms with E-state index in [0.29, 0.717) is 0 Å². The molecule has 0 spiro atoms. The van der Waals surface area contributed by atoms with Gasteiger partial charge in [-0.25, -0.2) is 4.79 Å². The molecule has 1 saturated carbocycles. The van der Waals surface area contributed by atoms with Crippen molar-refractivity contribution in [1.82, 2.24) is 0 Å². The number of alkyl halides is 1. The van der Waals surface area contributed by atoms with Crippen molar-refractivity contribution in [1.29, 1.82) is 0 Å². The summed E-state index contributed by atoms with van der Waals surface area (Å²) in [6.45, 7) is 0. The van der Waals surface area contributed by atoms with Crippen LogP contribution < -0.4 is 5.73 Å². The fraction of sp³-hybridized carbons (Fsp3) is 0.875. The average Bonchev–Trinajstić information content (AvgIpc) is 2.06. The lowest BCUT2D eigenvalue weighted by Crippen LogP contribution is -2.30. The maximum atomic E-state index is 11.1. The van der Waals surface area contributed by atoms with E-state index < -0.39 is 4.05 Å². The Labute approximate surface area is 86.2 Å². The number of rotatable bonds is 2. The van der Waals surface area contributed by atoms with Crippen LogP contribution in [0.4, 0.5) is 0 Å². The molecule has 0 radical (unpaired) electrons. The number of carbonyl (C=O) groups excluding carboxylic acids is 1. The summed E-state index contributed by atoms with van der Waals surface area (Å²) >= 11 is 1.87. The van der Waals surface area contributed by atoms with Gasteiger partial charge >= 0.3 is 5.97 Å². The van der Waals surface area contributed by atoms with E-state index in [1.807, 2.05) is 22.6 Å². The van der Waals surface area contributed by atoms with Crippen molar-refractivity contribution >= 4 is 28.6 Å². The summed E-state index contributed by atoms with van der Waals surface area (Å²) in [4.78, 5) is 11.1. The lowest BCUT2D eigenvalue weighted by Gasteiger charge is -2.22. The standard InChI is InChI=1S/C8H14INO2/c9-7(10)8(11)12-6-4-2-1-3-5-6/h6-7H,1-5,10H2. The van der Waals surface area contributed by atoms with Crippen molar-refractivity contribution < 1.29 is 9.53 Å². The van der Waals surface area contributed by atoms with Gasteiger partial charge in [-0.3, -0.25) is 0 Å². The van der Waals surface area contributed by atoms with E-state index in [1.165, 1.54) is 19.3 Å². The number of hydrogen-bond donors (Lipinski definition) is 1. The van der Waals surface area contributed by atoms with E-state index in [0.717, 1.165) is 12.8 Å². The van der Waals surface area contributed by atoms with Crippen molar-refractivity contribution in [2.75, 3.05) is 0 Å². The van der Waals surface area contributed by atoms with Crippen molar-refractivity contribution in [2.24, 2.45) is 5.73 Å². The summed E-state index contributed by atoms with van der Waals surface area (Å²) in [6.07, 6.45) is 5.77. The second-order valence-electron chi connectivity index (χ2n) is 3.10. The van der Waals surface area contributed by atoms with Crippen LogP contribution in [-0.2, 0) is 9.53 Å². The normalized spacial score (nSPS) is 21.8. The van der Waals surface area contributed by atoms with Crippen molar-refractivity contribution in [3.05, 3.63) is 0 Å². The summed E-state index contributed by atoms with van der Waals surface area (Å²) in [7, 11) is 0. The average molecular weight is 283 g/mol. The molecule has 1 aliphatic carbocycles. The first-order valence-corrected chi connectivity index (χ1v) is 5.55. The molecule has 0 amide bonds. The first-order valence-electron chi connectivity index (χ1n) is 4.30. The van der Waals surface area contributed by atoms with E-state index in [9.17, 15) is 4.79 Å². The van der Waals surface area contributed by atoms with E-state index in [2.05, 4.69) is 0 Å². The summed E-state index contributed by atoms with van der Waals surface area (Å²) < 4.78 is 4.67. The summed E-state index contributed by atoms with van der Waals surface area (Å²) in [5.41, 5.74) is 5.37. The van der Waals surface area contributed by atoms with Crippen LogP contribution in [0.1, 0.15) is 32.1 Å². The van der Waals surface area contributed by atoms with Gasteiger partial charge in [-0.2, -0.15) is 0 Å². The molecule has 12 heavy (non-hydrogen) atoms. The molecule has 0 aromatic heterocycles. The van der Waals surface area contributed by atoms with Crippen LogP contribution in [0.15, 0.2) is 0 Å². The maximum Gasteiger partial charge on any atom is 0.333 e. The van der Waals surface area contributed by atoms with Gasteiger partial charge in [0.15, 0.2) is 4.05 Å². The van der Waals surface area contributed by atoms with Crippen LogP contribution in [0.25, 0.3) is 0 Å². The molecule has 1 rings (SSSR count). The van der Waals surface area contributed by atoms with Crippen LogP contribution in [0.3, 0.4) is 0 Å². The van der Waals surface area contributed by atoms with E-state index in [1.54, 1.807) is 0 Å². The van der Waals surface area contributed by atoms with Crippen LogP contribution in [0.5, 0.6) is 0 Å². The fourth-order valence-electron chi connectivity index (χ4n) is 1.41. The first kappa shape index (κ1) is 10.2. The molecule has 1 aliphatic rings. The zero-order chi connectivity index (χ0) is 8.97. The predicted molar refractivity (Wildman–Crippen MR) is 55.0 cm³/mol. The monoisotopic (exact) mass is 283 g/mol. The summed E-state index contributed by atoms with van der Waals surface area (Å²) in [5, 5.41) is 0. The Morgan fingerprint density at radius 3 is 2.50 bits per heavy atom. The minimum Gasteiger partial charge on any atom is -0.461 e. The van der Waals surface area contributed by atoms with Crippen LogP contribution in [0, 0.1) is 0 Å². The van der Waals surface area contributed by atoms with Gasteiger partial charge in [0.1, 0.15) is 6.10 Å². The molecule has 3 nitrogen and oxygen atoms in total. The summed E-state index contributed by atoms with van der Waals surface area (Å²) in [6, 6.07) is 0.